The van der Waals surface area contributed by atoms with Gasteiger partial charge in [-0.1, -0.05) is 36.4 Å². The minimum Gasteiger partial charge on any atom is -0.461 e. The topological polar surface area (TPSA) is 50.7 Å². The number of hydrogen-bond donors (Lipinski definition) is 1. The van der Waals surface area contributed by atoms with E-state index >= 15 is 0 Å². The van der Waals surface area contributed by atoms with Gasteiger partial charge in [0.2, 0.25) is 0 Å². The summed E-state index contributed by atoms with van der Waals surface area (Å²) < 4.78 is 7.74. The van der Waals surface area contributed by atoms with Crippen LogP contribution in [0.25, 0.3) is 0 Å². The molecule has 0 amide bonds. The van der Waals surface area contributed by atoms with Crippen molar-refractivity contribution in [2.45, 2.75) is 19.4 Å². The highest BCUT2D eigenvalue weighted by Gasteiger charge is 2.01. The van der Waals surface area contributed by atoms with Crippen LogP contribution in [-0.2, 0) is 16.1 Å². The van der Waals surface area contributed by atoms with Crippen molar-refractivity contribution in [3.05, 3.63) is 48.0 Å². The van der Waals surface area contributed by atoms with Gasteiger partial charge in [0.05, 0.1) is 22.9 Å². The highest BCUT2D eigenvalue weighted by atomic mass is 127. The van der Waals surface area contributed by atoms with E-state index < -0.39 is 0 Å². The van der Waals surface area contributed by atoms with E-state index in [2.05, 4.69) is 8.74 Å². The summed E-state index contributed by atoms with van der Waals surface area (Å²) in [5.74, 6) is -0.188. The van der Waals surface area contributed by atoms with Gasteiger partial charge in [-0.2, -0.15) is 5.10 Å². The average molecular weight is 358 g/mol. The predicted octanol–water partition coefficient (Wildman–Crippen LogP) is 2.99. The molecule has 5 heteroatoms. The molecule has 0 fully saturated rings. The molecule has 0 bridgehead atoms. The fourth-order valence-electron chi connectivity index (χ4n) is 1.24. The molecule has 0 radical (unpaired) electrons. The van der Waals surface area contributed by atoms with Crippen LogP contribution < -0.4 is 3.64 Å². The minimum atomic E-state index is -0.188. The zero-order chi connectivity index (χ0) is 13.1. The van der Waals surface area contributed by atoms with Crippen molar-refractivity contribution in [3.63, 3.8) is 0 Å². The van der Waals surface area contributed by atoms with Crippen LogP contribution in [0.3, 0.4) is 0 Å². The monoisotopic (exact) mass is 358 g/mol. The van der Waals surface area contributed by atoms with Crippen LogP contribution in [-0.4, -0.2) is 12.2 Å². The van der Waals surface area contributed by atoms with Gasteiger partial charge in [-0.15, -0.1) is 0 Å². The third kappa shape index (κ3) is 7.05. The molecular formula is C13H15IN2O2. The third-order valence-corrected chi connectivity index (χ3v) is 2.38. The Morgan fingerprint density at radius 1 is 1.39 bits per heavy atom. The summed E-state index contributed by atoms with van der Waals surface area (Å²) in [6.45, 7) is 0.337. The summed E-state index contributed by atoms with van der Waals surface area (Å²) >= 11 is 1.92. The number of nitrogens with zero attached hydrogens (tertiary/aromatic N) is 1. The highest BCUT2D eigenvalue weighted by Crippen LogP contribution is 2.02. The molecule has 0 aliphatic rings. The maximum absolute atomic E-state index is 11.4. The molecule has 0 atom stereocenters. The maximum atomic E-state index is 11.4. The molecule has 0 aromatic heterocycles. The summed E-state index contributed by atoms with van der Waals surface area (Å²) in [7, 11) is 0. The van der Waals surface area contributed by atoms with Gasteiger partial charge in [-0.3, -0.25) is 4.79 Å². The standard InChI is InChI=1S/C13H15IN2O2/c14-16-15-10-6-2-5-9-13(17)18-11-12-7-3-1-4-8-12/h1-4,6-8,10,16H,5,9,11H2/b6-2-,15-10-. The molecule has 1 aromatic carbocycles. The Hall–Kier alpha value is -1.37. The Morgan fingerprint density at radius 2 is 2.17 bits per heavy atom. The Balaban J connectivity index is 2.15. The number of esters is 1. The van der Waals surface area contributed by atoms with Gasteiger partial charge in [0.25, 0.3) is 0 Å². The lowest BCUT2D eigenvalue weighted by molar-refractivity contribution is -0.144. The summed E-state index contributed by atoms with van der Waals surface area (Å²) in [5, 5.41) is 3.77. The number of benzene rings is 1. The molecule has 1 rings (SSSR count). The Bertz CT molecular complexity index is 405. The van der Waals surface area contributed by atoms with E-state index in [1.807, 2.05) is 59.3 Å². The summed E-state index contributed by atoms with van der Waals surface area (Å²) in [6.07, 6.45) is 6.33. The third-order valence-electron chi connectivity index (χ3n) is 2.10. The molecule has 1 N–H and O–H groups in total. The molecule has 0 saturated carbocycles. The second-order valence-corrected chi connectivity index (χ2v) is 3.96. The van der Waals surface area contributed by atoms with Gasteiger partial charge >= 0.3 is 5.97 Å². The first-order valence-electron chi connectivity index (χ1n) is 5.56. The van der Waals surface area contributed by atoms with Crippen molar-refractivity contribution in [2.75, 3.05) is 0 Å². The fourth-order valence-corrected chi connectivity index (χ4v) is 1.40. The fraction of sp³-hybridized carbons (Fsp3) is 0.231. The SMILES string of the molecule is O=C(CC/C=C\C=N/NI)OCc1ccccc1. The van der Waals surface area contributed by atoms with Crippen LogP contribution in [0, 0.1) is 0 Å². The first kappa shape index (κ1) is 14.7. The molecule has 0 aliphatic carbocycles. The predicted molar refractivity (Wildman–Crippen MR) is 80.3 cm³/mol. The van der Waals surface area contributed by atoms with Crippen LogP contribution in [0.5, 0.6) is 0 Å². The summed E-state index contributed by atoms with van der Waals surface area (Å²) in [5.41, 5.74) is 1.00. The molecule has 0 heterocycles. The van der Waals surface area contributed by atoms with Gasteiger partial charge in [0, 0.05) is 12.6 Å². The number of allylic oxidation sites excluding steroid dienone is 2. The lowest BCUT2D eigenvalue weighted by Gasteiger charge is -2.03. The van der Waals surface area contributed by atoms with Crippen LogP contribution >= 0.6 is 22.9 Å². The number of hydrogen-bond acceptors (Lipinski definition) is 4. The molecule has 4 nitrogen and oxygen atoms in total. The van der Waals surface area contributed by atoms with E-state index in [0.29, 0.717) is 19.4 Å². The van der Waals surface area contributed by atoms with Crippen molar-refractivity contribution in [1.29, 1.82) is 0 Å². The average Bonchev–Trinajstić information content (AvgIpc) is 2.41. The molecule has 0 saturated heterocycles. The number of rotatable bonds is 7. The van der Waals surface area contributed by atoms with E-state index in [-0.39, 0.29) is 5.97 Å². The smallest absolute Gasteiger partial charge is 0.306 e. The molecule has 96 valence electrons. The van der Waals surface area contributed by atoms with Crippen LogP contribution in [0.2, 0.25) is 0 Å². The number of nitrogens with one attached hydrogen (secondary N) is 1. The van der Waals surface area contributed by atoms with Crippen molar-refractivity contribution in [1.82, 2.24) is 3.64 Å². The Morgan fingerprint density at radius 3 is 2.89 bits per heavy atom. The normalized spacial score (nSPS) is 10.9. The largest absolute Gasteiger partial charge is 0.461 e. The maximum Gasteiger partial charge on any atom is 0.306 e. The van der Waals surface area contributed by atoms with Gasteiger partial charge in [0.1, 0.15) is 6.61 Å². The highest BCUT2D eigenvalue weighted by molar-refractivity contribution is 14.1. The molecule has 0 unspecified atom stereocenters. The number of carbonyl (C=O) groups excluding carboxylic acids is 1. The lowest BCUT2D eigenvalue weighted by atomic mass is 10.2. The van der Waals surface area contributed by atoms with Crippen molar-refractivity contribution >= 4 is 35.0 Å². The van der Waals surface area contributed by atoms with E-state index in [9.17, 15) is 4.79 Å². The molecule has 0 aliphatic heterocycles. The van der Waals surface area contributed by atoms with E-state index in [1.54, 1.807) is 12.3 Å². The van der Waals surface area contributed by atoms with Gasteiger partial charge in [-0.05, 0) is 18.1 Å². The van der Waals surface area contributed by atoms with Gasteiger partial charge < -0.3 is 4.74 Å². The second-order valence-electron chi connectivity index (χ2n) is 3.48. The minimum absolute atomic E-state index is 0.188. The number of carbonyl (C=O) groups is 1. The Labute approximate surface area is 121 Å². The van der Waals surface area contributed by atoms with Crippen LogP contribution in [0.4, 0.5) is 0 Å². The summed E-state index contributed by atoms with van der Waals surface area (Å²) in [6, 6.07) is 9.64. The number of hydrazone groups is 1. The first-order chi connectivity index (χ1) is 8.83. The van der Waals surface area contributed by atoms with Crippen molar-refractivity contribution in [3.8, 4) is 0 Å². The molecule has 0 spiro atoms. The van der Waals surface area contributed by atoms with Gasteiger partial charge in [-0.25, -0.2) is 3.64 Å². The van der Waals surface area contributed by atoms with Crippen molar-refractivity contribution in [2.24, 2.45) is 5.10 Å². The number of ether oxygens (including phenoxy) is 1. The van der Waals surface area contributed by atoms with Crippen molar-refractivity contribution < 1.29 is 9.53 Å². The summed E-state index contributed by atoms with van der Waals surface area (Å²) in [4.78, 5) is 11.4. The number of halogens is 1. The second kappa shape index (κ2) is 9.64. The molecular weight excluding hydrogens is 343 g/mol. The van der Waals surface area contributed by atoms with E-state index in [1.165, 1.54) is 0 Å². The quantitative estimate of drug-likeness (QED) is 0.268. The van der Waals surface area contributed by atoms with Crippen LogP contribution in [0.15, 0.2) is 47.6 Å². The molecule has 18 heavy (non-hydrogen) atoms. The zero-order valence-electron chi connectivity index (χ0n) is 9.88. The van der Waals surface area contributed by atoms with E-state index in [0.717, 1.165) is 5.56 Å². The van der Waals surface area contributed by atoms with E-state index in [4.69, 9.17) is 4.74 Å². The van der Waals surface area contributed by atoms with Crippen LogP contribution in [0.1, 0.15) is 18.4 Å². The molecule has 1 aromatic rings. The van der Waals surface area contributed by atoms with Gasteiger partial charge in [0.15, 0.2) is 0 Å². The lowest BCUT2D eigenvalue weighted by Crippen LogP contribution is -2.03. The zero-order valence-corrected chi connectivity index (χ0v) is 12.0. The Kier molecular flexibility index (Phi) is 7.87. The first-order valence-corrected chi connectivity index (χ1v) is 6.64.